The summed E-state index contributed by atoms with van der Waals surface area (Å²) in [6, 6.07) is 5.61. The zero-order valence-electron chi connectivity index (χ0n) is 15.4. The third kappa shape index (κ3) is 3.10. The van der Waals surface area contributed by atoms with Crippen molar-refractivity contribution < 1.29 is 19.0 Å². The van der Waals surface area contributed by atoms with Crippen LogP contribution in [0.4, 0.5) is 5.82 Å². The molecule has 1 fully saturated rings. The number of aromatic amines is 1. The van der Waals surface area contributed by atoms with E-state index in [1.54, 1.807) is 20.3 Å². The standard InChI is InChI=1S/C19H23N3O5/c1-25-14-4-3-11(9-15(14)26-2)13-10-16(23)20-18-17(13)19(24)21-22(18)12-5-7-27-8-6-12/h3-4,9,12-13H,5-8,10H2,1-2H3,(H,20,23)(H,21,24)/t13-/m0/s1. The molecule has 2 aromatic rings. The number of anilines is 1. The van der Waals surface area contributed by atoms with Gasteiger partial charge in [-0.1, -0.05) is 6.07 Å². The summed E-state index contributed by atoms with van der Waals surface area (Å²) in [5, 5.41) is 5.82. The number of aromatic nitrogens is 2. The van der Waals surface area contributed by atoms with Gasteiger partial charge in [0.05, 0.1) is 25.8 Å². The van der Waals surface area contributed by atoms with Crippen LogP contribution >= 0.6 is 0 Å². The molecule has 2 aliphatic heterocycles. The van der Waals surface area contributed by atoms with E-state index in [1.807, 2.05) is 16.8 Å². The number of hydrogen-bond donors (Lipinski definition) is 2. The molecule has 1 atom stereocenters. The lowest BCUT2D eigenvalue weighted by Crippen LogP contribution is -2.28. The number of nitrogens with one attached hydrogen (secondary N) is 2. The van der Waals surface area contributed by atoms with Crippen molar-refractivity contribution in [2.24, 2.45) is 0 Å². The molecule has 0 unspecified atom stereocenters. The Labute approximate surface area is 156 Å². The molecule has 0 spiro atoms. The number of methoxy groups -OCH3 is 2. The lowest BCUT2D eigenvalue weighted by atomic mass is 9.87. The molecular formula is C19H23N3O5. The van der Waals surface area contributed by atoms with Crippen LogP contribution in [0.1, 0.15) is 42.3 Å². The van der Waals surface area contributed by atoms with Crippen LogP contribution in [0.5, 0.6) is 11.5 Å². The van der Waals surface area contributed by atoms with Crippen LogP contribution in [0.2, 0.25) is 0 Å². The highest BCUT2D eigenvalue weighted by molar-refractivity contribution is 5.94. The fourth-order valence-electron chi connectivity index (χ4n) is 3.96. The molecule has 2 N–H and O–H groups in total. The minimum absolute atomic E-state index is 0.109. The van der Waals surface area contributed by atoms with Crippen LogP contribution in [0.3, 0.4) is 0 Å². The van der Waals surface area contributed by atoms with Gasteiger partial charge in [0.2, 0.25) is 5.91 Å². The van der Waals surface area contributed by atoms with Crippen LogP contribution in [0.15, 0.2) is 23.0 Å². The predicted molar refractivity (Wildman–Crippen MR) is 98.8 cm³/mol. The minimum atomic E-state index is -0.335. The molecule has 8 heteroatoms. The number of fused-ring (bicyclic) bond motifs is 1. The quantitative estimate of drug-likeness (QED) is 0.855. The molecule has 1 aromatic carbocycles. The van der Waals surface area contributed by atoms with Crippen LogP contribution in [-0.2, 0) is 9.53 Å². The van der Waals surface area contributed by atoms with E-state index >= 15 is 0 Å². The number of hydrogen-bond acceptors (Lipinski definition) is 5. The smallest absolute Gasteiger partial charge is 0.270 e. The fraction of sp³-hybridized carbons (Fsp3) is 0.474. The van der Waals surface area contributed by atoms with Gasteiger partial charge in [0, 0.05) is 25.6 Å². The van der Waals surface area contributed by atoms with Crippen molar-refractivity contribution in [1.82, 2.24) is 9.78 Å². The van der Waals surface area contributed by atoms with Gasteiger partial charge in [-0.2, -0.15) is 0 Å². The molecular weight excluding hydrogens is 350 g/mol. The average Bonchev–Trinajstić information content (AvgIpc) is 3.03. The van der Waals surface area contributed by atoms with E-state index < -0.39 is 0 Å². The molecule has 1 amide bonds. The number of H-pyrrole nitrogens is 1. The Balaban J connectivity index is 1.78. The number of rotatable bonds is 4. The summed E-state index contributed by atoms with van der Waals surface area (Å²) in [6.45, 7) is 1.29. The van der Waals surface area contributed by atoms with Gasteiger partial charge in [-0.05, 0) is 30.5 Å². The maximum Gasteiger partial charge on any atom is 0.270 e. The molecule has 8 nitrogen and oxygen atoms in total. The summed E-state index contributed by atoms with van der Waals surface area (Å²) >= 11 is 0. The molecule has 4 rings (SSSR count). The van der Waals surface area contributed by atoms with Crippen LogP contribution in [-0.4, -0.2) is 43.1 Å². The van der Waals surface area contributed by atoms with Gasteiger partial charge in [-0.15, -0.1) is 0 Å². The number of amides is 1. The topological polar surface area (TPSA) is 94.6 Å². The SMILES string of the molecule is COc1ccc([C@@H]2CC(=O)Nc3c2c(=O)[nH]n3C2CCOCC2)cc1OC. The van der Waals surface area contributed by atoms with Gasteiger partial charge < -0.3 is 19.5 Å². The van der Waals surface area contributed by atoms with E-state index in [0.29, 0.717) is 36.1 Å². The van der Waals surface area contributed by atoms with Gasteiger partial charge in [0.1, 0.15) is 5.82 Å². The van der Waals surface area contributed by atoms with E-state index in [0.717, 1.165) is 18.4 Å². The summed E-state index contributed by atoms with van der Waals surface area (Å²) in [4.78, 5) is 25.2. The molecule has 1 aromatic heterocycles. The molecule has 0 saturated carbocycles. The highest BCUT2D eigenvalue weighted by atomic mass is 16.5. The van der Waals surface area contributed by atoms with Crippen molar-refractivity contribution in [1.29, 1.82) is 0 Å². The summed E-state index contributed by atoms with van der Waals surface area (Å²) in [5.74, 6) is 1.31. The first-order valence-electron chi connectivity index (χ1n) is 9.06. The molecule has 144 valence electrons. The average molecular weight is 373 g/mol. The molecule has 0 bridgehead atoms. The molecule has 3 heterocycles. The third-order valence-electron chi connectivity index (χ3n) is 5.32. The lowest BCUT2D eigenvalue weighted by Gasteiger charge is -2.28. The first kappa shape index (κ1) is 17.7. The molecule has 0 radical (unpaired) electrons. The Bertz CT molecular complexity index is 911. The number of benzene rings is 1. The zero-order valence-corrected chi connectivity index (χ0v) is 15.4. The van der Waals surface area contributed by atoms with Crippen molar-refractivity contribution >= 4 is 11.7 Å². The van der Waals surface area contributed by atoms with Crippen LogP contribution in [0, 0.1) is 0 Å². The minimum Gasteiger partial charge on any atom is -0.493 e. The molecule has 1 saturated heterocycles. The predicted octanol–water partition coefficient (Wildman–Crippen LogP) is 2.02. The Morgan fingerprint density at radius 1 is 1.11 bits per heavy atom. The van der Waals surface area contributed by atoms with E-state index in [1.165, 1.54) is 0 Å². The third-order valence-corrected chi connectivity index (χ3v) is 5.32. The van der Waals surface area contributed by atoms with Gasteiger partial charge in [-0.25, -0.2) is 0 Å². The van der Waals surface area contributed by atoms with Crippen molar-refractivity contribution in [2.75, 3.05) is 32.8 Å². The van der Waals surface area contributed by atoms with Gasteiger partial charge >= 0.3 is 0 Å². The summed E-state index contributed by atoms with van der Waals surface area (Å²) < 4.78 is 17.9. The summed E-state index contributed by atoms with van der Waals surface area (Å²) in [7, 11) is 3.14. The van der Waals surface area contributed by atoms with Crippen molar-refractivity contribution in [3.05, 3.63) is 39.7 Å². The van der Waals surface area contributed by atoms with Crippen LogP contribution in [0.25, 0.3) is 0 Å². The maximum absolute atomic E-state index is 12.8. The fourth-order valence-corrected chi connectivity index (χ4v) is 3.96. The largest absolute Gasteiger partial charge is 0.493 e. The number of carbonyl (C=O) groups excluding carboxylic acids is 1. The monoisotopic (exact) mass is 373 g/mol. The second-order valence-electron chi connectivity index (χ2n) is 6.84. The lowest BCUT2D eigenvalue weighted by molar-refractivity contribution is -0.116. The first-order valence-corrected chi connectivity index (χ1v) is 9.06. The first-order chi connectivity index (χ1) is 13.1. The number of carbonyl (C=O) groups is 1. The zero-order chi connectivity index (χ0) is 19.0. The van der Waals surface area contributed by atoms with E-state index in [9.17, 15) is 9.59 Å². The van der Waals surface area contributed by atoms with E-state index in [4.69, 9.17) is 14.2 Å². The van der Waals surface area contributed by atoms with Gasteiger partial charge in [0.15, 0.2) is 11.5 Å². The van der Waals surface area contributed by atoms with E-state index in [2.05, 4.69) is 10.4 Å². The second-order valence-corrected chi connectivity index (χ2v) is 6.84. The van der Waals surface area contributed by atoms with Crippen molar-refractivity contribution in [3.8, 4) is 11.5 Å². The van der Waals surface area contributed by atoms with Crippen molar-refractivity contribution in [3.63, 3.8) is 0 Å². The van der Waals surface area contributed by atoms with Gasteiger partial charge in [-0.3, -0.25) is 19.4 Å². The van der Waals surface area contributed by atoms with Gasteiger partial charge in [0.25, 0.3) is 5.56 Å². The molecule has 0 aliphatic carbocycles. The molecule has 2 aliphatic rings. The number of ether oxygens (including phenoxy) is 3. The van der Waals surface area contributed by atoms with Crippen molar-refractivity contribution in [2.45, 2.75) is 31.2 Å². The Morgan fingerprint density at radius 2 is 1.85 bits per heavy atom. The normalized spacial score (nSPS) is 20.1. The Kier molecular flexibility index (Phi) is 4.65. The Morgan fingerprint density at radius 3 is 2.56 bits per heavy atom. The Hall–Kier alpha value is -2.74. The van der Waals surface area contributed by atoms with E-state index in [-0.39, 0.29) is 29.8 Å². The number of nitrogens with zero attached hydrogens (tertiary/aromatic N) is 1. The molecule has 27 heavy (non-hydrogen) atoms. The highest BCUT2D eigenvalue weighted by Crippen LogP contribution is 2.39. The summed E-state index contributed by atoms with van der Waals surface area (Å²) in [5.41, 5.74) is 1.27. The second kappa shape index (κ2) is 7.11. The maximum atomic E-state index is 12.8. The summed E-state index contributed by atoms with van der Waals surface area (Å²) in [6.07, 6.45) is 1.81. The highest BCUT2D eigenvalue weighted by Gasteiger charge is 2.34. The van der Waals surface area contributed by atoms with Crippen LogP contribution < -0.4 is 20.3 Å².